The molecule has 1 aromatic rings. The standard InChI is InChI=1S/C7H8BrIN2O2/c1-3-13-7(12)4-5(8)10-11(2)6(4)9/h3H2,1-2H3. The van der Waals surface area contributed by atoms with Crippen molar-refractivity contribution in [2.24, 2.45) is 7.05 Å². The molecule has 0 N–H and O–H groups in total. The zero-order valence-corrected chi connectivity index (χ0v) is 10.9. The van der Waals surface area contributed by atoms with Gasteiger partial charge < -0.3 is 4.74 Å². The molecule has 0 atom stereocenters. The molecular weight excluding hydrogens is 351 g/mol. The lowest BCUT2D eigenvalue weighted by atomic mass is 10.4. The molecule has 72 valence electrons. The van der Waals surface area contributed by atoms with Crippen molar-refractivity contribution in [2.45, 2.75) is 6.92 Å². The van der Waals surface area contributed by atoms with Crippen molar-refractivity contribution in [2.75, 3.05) is 6.61 Å². The minimum Gasteiger partial charge on any atom is -0.462 e. The first-order valence-corrected chi connectivity index (χ1v) is 5.50. The number of nitrogens with zero attached hydrogens (tertiary/aromatic N) is 2. The molecule has 0 aliphatic rings. The molecule has 0 spiro atoms. The van der Waals surface area contributed by atoms with E-state index in [0.29, 0.717) is 16.8 Å². The van der Waals surface area contributed by atoms with E-state index in [0.717, 1.165) is 3.70 Å². The number of carbonyl (C=O) groups is 1. The molecule has 0 amide bonds. The zero-order valence-electron chi connectivity index (χ0n) is 7.17. The number of halogens is 2. The summed E-state index contributed by atoms with van der Waals surface area (Å²) in [5.74, 6) is -0.341. The van der Waals surface area contributed by atoms with Gasteiger partial charge in [0.2, 0.25) is 0 Å². The van der Waals surface area contributed by atoms with Gasteiger partial charge >= 0.3 is 5.97 Å². The zero-order chi connectivity index (χ0) is 10.0. The second-order valence-electron chi connectivity index (χ2n) is 2.30. The number of aromatic nitrogens is 2. The normalized spacial score (nSPS) is 10.2. The molecule has 0 fully saturated rings. The Hall–Kier alpha value is -0.110. The average Bonchev–Trinajstić information content (AvgIpc) is 2.27. The van der Waals surface area contributed by atoms with E-state index in [9.17, 15) is 4.79 Å². The SMILES string of the molecule is CCOC(=O)c1c(Br)nn(C)c1I. The highest BCUT2D eigenvalue weighted by molar-refractivity contribution is 14.1. The number of aryl methyl sites for hydroxylation is 1. The average molecular weight is 359 g/mol. The summed E-state index contributed by atoms with van der Waals surface area (Å²) >= 11 is 5.25. The van der Waals surface area contributed by atoms with Crippen LogP contribution in [-0.4, -0.2) is 22.4 Å². The predicted molar refractivity (Wildman–Crippen MR) is 59.6 cm³/mol. The quantitative estimate of drug-likeness (QED) is 0.599. The third-order valence-corrected chi connectivity index (χ3v) is 3.21. The molecule has 1 aromatic heterocycles. The third-order valence-electron chi connectivity index (χ3n) is 1.41. The van der Waals surface area contributed by atoms with Crippen molar-refractivity contribution in [3.63, 3.8) is 0 Å². The van der Waals surface area contributed by atoms with Crippen LogP contribution in [0.15, 0.2) is 4.60 Å². The van der Waals surface area contributed by atoms with Gasteiger partial charge in [0.05, 0.1) is 6.61 Å². The van der Waals surface area contributed by atoms with Crippen molar-refractivity contribution < 1.29 is 9.53 Å². The van der Waals surface area contributed by atoms with Gasteiger partial charge in [-0.25, -0.2) is 4.79 Å². The molecule has 0 aromatic carbocycles. The Morgan fingerprint density at radius 3 is 2.77 bits per heavy atom. The first-order valence-electron chi connectivity index (χ1n) is 3.63. The molecule has 6 heteroatoms. The van der Waals surface area contributed by atoms with E-state index in [1.807, 2.05) is 0 Å². The Morgan fingerprint density at radius 1 is 1.77 bits per heavy atom. The lowest BCUT2D eigenvalue weighted by Gasteiger charge is -1.99. The Labute approximate surface area is 97.9 Å². The highest BCUT2D eigenvalue weighted by atomic mass is 127. The van der Waals surface area contributed by atoms with Crippen molar-refractivity contribution in [3.8, 4) is 0 Å². The summed E-state index contributed by atoms with van der Waals surface area (Å²) < 4.78 is 7.79. The van der Waals surface area contributed by atoms with E-state index in [4.69, 9.17) is 4.74 Å². The molecule has 4 nitrogen and oxygen atoms in total. The molecule has 13 heavy (non-hydrogen) atoms. The molecule has 1 heterocycles. The Morgan fingerprint density at radius 2 is 2.38 bits per heavy atom. The van der Waals surface area contributed by atoms with Crippen LogP contribution >= 0.6 is 38.5 Å². The van der Waals surface area contributed by atoms with Crippen LogP contribution < -0.4 is 0 Å². The maximum Gasteiger partial charge on any atom is 0.343 e. The number of hydrogen-bond acceptors (Lipinski definition) is 3. The van der Waals surface area contributed by atoms with Gasteiger partial charge in [-0.3, -0.25) is 4.68 Å². The third kappa shape index (κ3) is 2.22. The predicted octanol–water partition coefficient (Wildman–Crippen LogP) is 1.96. The molecule has 1 rings (SSSR count). The summed E-state index contributed by atoms with van der Waals surface area (Å²) in [5.41, 5.74) is 0.491. The molecule has 0 aliphatic heterocycles. The van der Waals surface area contributed by atoms with Gasteiger partial charge in [-0.2, -0.15) is 5.10 Å². The van der Waals surface area contributed by atoms with Crippen LogP contribution in [0.5, 0.6) is 0 Å². The smallest absolute Gasteiger partial charge is 0.343 e. The summed E-state index contributed by atoms with van der Waals surface area (Å²) in [6.07, 6.45) is 0. The number of rotatable bonds is 2. The van der Waals surface area contributed by atoms with Crippen LogP contribution in [0.4, 0.5) is 0 Å². The molecule has 0 saturated heterocycles. The number of hydrogen-bond donors (Lipinski definition) is 0. The number of esters is 1. The maximum atomic E-state index is 11.4. The molecule has 0 bridgehead atoms. The lowest BCUT2D eigenvalue weighted by molar-refractivity contribution is 0.0524. The second kappa shape index (κ2) is 4.41. The summed E-state index contributed by atoms with van der Waals surface area (Å²) in [4.78, 5) is 11.4. The number of ether oxygens (including phenoxy) is 1. The fourth-order valence-electron chi connectivity index (χ4n) is 0.844. The van der Waals surface area contributed by atoms with E-state index in [1.54, 1.807) is 18.7 Å². The van der Waals surface area contributed by atoms with Gasteiger partial charge in [0.25, 0.3) is 0 Å². The highest BCUT2D eigenvalue weighted by Crippen LogP contribution is 2.21. The van der Waals surface area contributed by atoms with Crippen LogP contribution in [0, 0.1) is 3.70 Å². The van der Waals surface area contributed by atoms with Crippen LogP contribution in [0.2, 0.25) is 0 Å². The van der Waals surface area contributed by atoms with Gasteiger partial charge in [-0.05, 0) is 45.4 Å². The highest BCUT2D eigenvalue weighted by Gasteiger charge is 2.20. The van der Waals surface area contributed by atoms with Crippen LogP contribution in [-0.2, 0) is 11.8 Å². The van der Waals surface area contributed by atoms with Crippen molar-refractivity contribution in [1.29, 1.82) is 0 Å². The molecule has 0 saturated carbocycles. The van der Waals surface area contributed by atoms with Crippen LogP contribution in [0.25, 0.3) is 0 Å². The van der Waals surface area contributed by atoms with Crippen LogP contribution in [0.3, 0.4) is 0 Å². The van der Waals surface area contributed by atoms with Gasteiger partial charge in [0.1, 0.15) is 13.9 Å². The lowest BCUT2D eigenvalue weighted by Crippen LogP contribution is -2.06. The summed E-state index contributed by atoms with van der Waals surface area (Å²) in [6, 6.07) is 0. The minimum atomic E-state index is -0.341. The van der Waals surface area contributed by atoms with E-state index in [1.165, 1.54) is 0 Å². The Kier molecular flexibility index (Phi) is 3.72. The van der Waals surface area contributed by atoms with Crippen molar-refractivity contribution in [3.05, 3.63) is 13.9 Å². The monoisotopic (exact) mass is 358 g/mol. The molecule has 0 unspecified atom stereocenters. The van der Waals surface area contributed by atoms with E-state index in [-0.39, 0.29) is 5.97 Å². The fraction of sp³-hybridized carbons (Fsp3) is 0.429. The van der Waals surface area contributed by atoms with Crippen LogP contribution in [0.1, 0.15) is 17.3 Å². The largest absolute Gasteiger partial charge is 0.462 e. The van der Waals surface area contributed by atoms with Gasteiger partial charge in [0.15, 0.2) is 0 Å². The second-order valence-corrected chi connectivity index (χ2v) is 4.07. The minimum absolute atomic E-state index is 0.341. The Balaban J connectivity index is 3.06. The topological polar surface area (TPSA) is 44.1 Å². The summed E-state index contributed by atoms with van der Waals surface area (Å²) in [5, 5.41) is 4.04. The first kappa shape index (κ1) is 11.0. The fourth-order valence-corrected chi connectivity index (χ4v) is 2.39. The summed E-state index contributed by atoms with van der Waals surface area (Å²) in [7, 11) is 1.77. The van der Waals surface area contributed by atoms with Gasteiger partial charge in [-0.15, -0.1) is 0 Å². The molecular formula is C7H8BrIN2O2. The number of carbonyl (C=O) groups excluding carboxylic acids is 1. The van der Waals surface area contributed by atoms with Gasteiger partial charge in [0, 0.05) is 7.05 Å². The van der Waals surface area contributed by atoms with Crippen molar-refractivity contribution in [1.82, 2.24) is 9.78 Å². The van der Waals surface area contributed by atoms with E-state index >= 15 is 0 Å². The molecule has 0 aliphatic carbocycles. The summed E-state index contributed by atoms with van der Waals surface area (Å²) in [6.45, 7) is 2.14. The van der Waals surface area contributed by atoms with Crippen molar-refractivity contribution >= 4 is 44.5 Å². The Bertz CT molecular complexity index is 337. The first-order chi connectivity index (χ1) is 6.07. The van der Waals surface area contributed by atoms with E-state index < -0.39 is 0 Å². The molecule has 0 radical (unpaired) electrons. The van der Waals surface area contributed by atoms with E-state index in [2.05, 4.69) is 43.6 Å². The maximum absolute atomic E-state index is 11.4. The van der Waals surface area contributed by atoms with Gasteiger partial charge in [-0.1, -0.05) is 0 Å².